The van der Waals surface area contributed by atoms with Gasteiger partial charge in [-0.05, 0) is 29.5 Å². The third-order valence-electron chi connectivity index (χ3n) is 2.73. The van der Waals surface area contributed by atoms with Crippen molar-refractivity contribution in [3.63, 3.8) is 0 Å². The first-order valence-electron chi connectivity index (χ1n) is 9.06. The van der Waals surface area contributed by atoms with Crippen molar-refractivity contribution in [2.45, 2.75) is 61.7 Å². The zero-order chi connectivity index (χ0) is 19.3. The third-order valence-corrected chi connectivity index (χ3v) is 2.73. The molecule has 3 heteroatoms. The summed E-state index contributed by atoms with van der Waals surface area (Å²) in [6.45, 7) is 16.1. The second-order valence-corrected chi connectivity index (χ2v) is 7.04. The predicted octanol–water partition coefficient (Wildman–Crippen LogP) is 5.86. The summed E-state index contributed by atoms with van der Waals surface area (Å²) in [6, 6.07) is 12.0. The fraction of sp³-hybridized carbons (Fsp3) is 0.500. The van der Waals surface area contributed by atoms with Gasteiger partial charge in [0.25, 0.3) is 0 Å². The highest BCUT2D eigenvalue weighted by Crippen LogP contribution is 2.18. The molecule has 1 aromatic heterocycles. The minimum atomic E-state index is 0.0283. The van der Waals surface area contributed by atoms with Crippen LogP contribution in [0.4, 0.5) is 0 Å². The van der Waals surface area contributed by atoms with E-state index in [-0.39, 0.29) is 6.61 Å². The minimum Gasteiger partial charge on any atom is -0.392 e. The van der Waals surface area contributed by atoms with Crippen LogP contribution in [0.2, 0.25) is 0 Å². The highest BCUT2D eigenvalue weighted by Gasteiger charge is 2.00. The summed E-state index contributed by atoms with van der Waals surface area (Å²) in [5.74, 6) is 0. The number of aliphatic hydroxyl groups excluding tert-OH is 1. The summed E-state index contributed by atoms with van der Waals surface area (Å²) in [5.41, 5.74) is 4.47. The highest BCUT2D eigenvalue weighted by molar-refractivity contribution is 5.59. The second kappa shape index (κ2) is 12.6. The molecule has 0 unspecified atom stereocenters. The van der Waals surface area contributed by atoms with E-state index in [1.54, 1.807) is 6.20 Å². The Morgan fingerprint density at radius 2 is 1.44 bits per heavy atom. The summed E-state index contributed by atoms with van der Waals surface area (Å²) in [5, 5.41) is 8.96. The molecule has 1 aromatic carbocycles. The first-order chi connectivity index (χ1) is 11.8. The van der Waals surface area contributed by atoms with E-state index >= 15 is 0 Å². The lowest BCUT2D eigenvalue weighted by Crippen LogP contribution is -1.93. The van der Waals surface area contributed by atoms with E-state index in [0.29, 0.717) is 12.0 Å². The van der Waals surface area contributed by atoms with Crippen LogP contribution in [0, 0.1) is 5.41 Å². The van der Waals surface area contributed by atoms with Crippen molar-refractivity contribution in [1.29, 1.82) is 0 Å². The lowest BCUT2D eigenvalue weighted by molar-refractivity contribution is 0.134. The van der Waals surface area contributed by atoms with Crippen LogP contribution in [0.5, 0.6) is 0 Å². The van der Waals surface area contributed by atoms with Crippen LogP contribution in [-0.4, -0.2) is 16.7 Å². The van der Waals surface area contributed by atoms with Crippen molar-refractivity contribution in [2.75, 3.05) is 6.61 Å². The number of pyridine rings is 1. The van der Waals surface area contributed by atoms with Gasteiger partial charge in [0.05, 0.1) is 18.9 Å². The molecule has 0 saturated carbocycles. The van der Waals surface area contributed by atoms with Crippen molar-refractivity contribution in [3.8, 4) is 11.3 Å². The summed E-state index contributed by atoms with van der Waals surface area (Å²) >= 11 is 0. The van der Waals surface area contributed by atoms with Crippen molar-refractivity contribution in [1.82, 2.24) is 4.98 Å². The first kappa shape index (κ1) is 23.3. The Labute approximate surface area is 154 Å². The Balaban J connectivity index is 0.000000710. The molecule has 0 saturated heterocycles. The smallest absolute Gasteiger partial charge is 0.0716 e. The SMILES string of the molecule is CC.CC(C)(C)C.CCOCc1ccc(-c2ccc(CO)cn2)cc1. The van der Waals surface area contributed by atoms with Crippen molar-refractivity contribution in [3.05, 3.63) is 53.7 Å². The highest BCUT2D eigenvalue weighted by atomic mass is 16.5. The van der Waals surface area contributed by atoms with Gasteiger partial charge < -0.3 is 9.84 Å². The molecule has 0 aliphatic rings. The fourth-order valence-corrected chi connectivity index (χ4v) is 1.68. The lowest BCUT2D eigenvalue weighted by Gasteiger charge is -2.05. The molecule has 0 bridgehead atoms. The van der Waals surface area contributed by atoms with Gasteiger partial charge in [0.1, 0.15) is 0 Å². The zero-order valence-corrected chi connectivity index (χ0v) is 17.0. The molecule has 0 aliphatic carbocycles. The Kier molecular flexibility index (Phi) is 11.8. The standard InChI is InChI=1S/C15H17NO2.C5H12.C2H6/c1-2-18-11-12-3-6-14(7-4-12)15-8-5-13(10-17)9-16-15;1-5(2,3)4;1-2/h3-9,17H,2,10-11H2,1H3;1-4H3;1-2H3. The summed E-state index contributed by atoms with van der Waals surface area (Å²) in [7, 11) is 0. The third kappa shape index (κ3) is 11.5. The Morgan fingerprint density at radius 3 is 1.84 bits per heavy atom. The number of ether oxygens (including phenoxy) is 1. The molecule has 0 amide bonds. The Morgan fingerprint density at radius 1 is 0.920 bits per heavy atom. The van der Waals surface area contributed by atoms with Crippen LogP contribution >= 0.6 is 0 Å². The van der Waals surface area contributed by atoms with E-state index in [4.69, 9.17) is 9.84 Å². The molecule has 140 valence electrons. The van der Waals surface area contributed by atoms with Crippen LogP contribution in [0.25, 0.3) is 11.3 Å². The maximum atomic E-state index is 8.96. The van der Waals surface area contributed by atoms with Crippen LogP contribution in [0.3, 0.4) is 0 Å². The monoisotopic (exact) mass is 345 g/mol. The number of aromatic nitrogens is 1. The fourth-order valence-electron chi connectivity index (χ4n) is 1.68. The van der Waals surface area contributed by atoms with Gasteiger partial charge in [-0.2, -0.15) is 0 Å². The van der Waals surface area contributed by atoms with E-state index in [1.165, 1.54) is 0 Å². The summed E-state index contributed by atoms with van der Waals surface area (Å²) < 4.78 is 5.35. The quantitative estimate of drug-likeness (QED) is 0.738. The second-order valence-electron chi connectivity index (χ2n) is 7.04. The maximum Gasteiger partial charge on any atom is 0.0716 e. The zero-order valence-electron chi connectivity index (χ0n) is 17.0. The summed E-state index contributed by atoms with van der Waals surface area (Å²) in [4.78, 5) is 4.32. The lowest BCUT2D eigenvalue weighted by atomic mass is 10.0. The molecule has 0 atom stereocenters. The molecule has 0 fully saturated rings. The Bertz CT molecular complexity index is 548. The molecule has 0 spiro atoms. The molecule has 1 N–H and O–H groups in total. The number of hydrogen-bond acceptors (Lipinski definition) is 3. The first-order valence-corrected chi connectivity index (χ1v) is 9.06. The molecular formula is C22H35NO2. The molecule has 2 rings (SSSR count). The van der Waals surface area contributed by atoms with Gasteiger partial charge in [-0.25, -0.2) is 0 Å². The van der Waals surface area contributed by atoms with Crippen molar-refractivity contribution < 1.29 is 9.84 Å². The average Bonchev–Trinajstić information content (AvgIpc) is 2.61. The Hall–Kier alpha value is -1.71. The van der Waals surface area contributed by atoms with Gasteiger partial charge in [-0.3, -0.25) is 4.98 Å². The molecular weight excluding hydrogens is 310 g/mol. The molecule has 25 heavy (non-hydrogen) atoms. The molecule has 3 nitrogen and oxygen atoms in total. The van der Waals surface area contributed by atoms with Gasteiger partial charge in [0.2, 0.25) is 0 Å². The van der Waals surface area contributed by atoms with Gasteiger partial charge in [0.15, 0.2) is 0 Å². The van der Waals surface area contributed by atoms with Crippen molar-refractivity contribution in [2.24, 2.45) is 5.41 Å². The van der Waals surface area contributed by atoms with E-state index < -0.39 is 0 Å². The van der Waals surface area contributed by atoms with Gasteiger partial charge in [-0.15, -0.1) is 0 Å². The van der Waals surface area contributed by atoms with E-state index in [1.807, 2.05) is 57.2 Å². The van der Waals surface area contributed by atoms with Crippen LogP contribution in [0.15, 0.2) is 42.6 Å². The van der Waals surface area contributed by atoms with Gasteiger partial charge >= 0.3 is 0 Å². The number of rotatable bonds is 5. The van der Waals surface area contributed by atoms with Gasteiger partial charge in [-0.1, -0.05) is 71.9 Å². The van der Waals surface area contributed by atoms with E-state index in [9.17, 15) is 0 Å². The van der Waals surface area contributed by atoms with Crippen LogP contribution < -0.4 is 0 Å². The molecule has 1 heterocycles. The topological polar surface area (TPSA) is 42.4 Å². The normalized spacial score (nSPS) is 10.2. The average molecular weight is 346 g/mol. The van der Waals surface area contributed by atoms with Gasteiger partial charge in [0, 0.05) is 18.4 Å². The van der Waals surface area contributed by atoms with E-state index in [0.717, 1.165) is 29.0 Å². The minimum absolute atomic E-state index is 0.0283. The predicted molar refractivity (Wildman–Crippen MR) is 107 cm³/mol. The largest absolute Gasteiger partial charge is 0.392 e. The number of aliphatic hydroxyl groups is 1. The number of benzene rings is 1. The van der Waals surface area contributed by atoms with Crippen LogP contribution in [-0.2, 0) is 18.0 Å². The van der Waals surface area contributed by atoms with E-state index in [2.05, 4.69) is 32.7 Å². The van der Waals surface area contributed by atoms with Crippen molar-refractivity contribution >= 4 is 0 Å². The summed E-state index contributed by atoms with van der Waals surface area (Å²) in [6.07, 6.45) is 1.70. The number of nitrogens with zero attached hydrogens (tertiary/aromatic N) is 1. The molecule has 0 radical (unpaired) electrons. The van der Waals surface area contributed by atoms with Crippen LogP contribution in [0.1, 0.15) is 59.6 Å². The number of hydrogen-bond donors (Lipinski definition) is 1. The molecule has 0 aliphatic heterocycles. The maximum absolute atomic E-state index is 8.96. The molecule has 2 aromatic rings.